The van der Waals surface area contributed by atoms with Crippen molar-refractivity contribution < 1.29 is 18.7 Å². The van der Waals surface area contributed by atoms with Crippen LogP contribution >= 0.6 is 11.5 Å². The van der Waals surface area contributed by atoms with E-state index in [0.29, 0.717) is 39.0 Å². The van der Waals surface area contributed by atoms with Crippen molar-refractivity contribution in [1.82, 2.24) is 14.3 Å². The van der Waals surface area contributed by atoms with E-state index < -0.39 is 0 Å². The lowest BCUT2D eigenvalue weighted by Gasteiger charge is -2.35. The molecule has 0 radical (unpaired) electrons. The van der Waals surface area contributed by atoms with Gasteiger partial charge in [-0.05, 0) is 43.7 Å². The van der Waals surface area contributed by atoms with Gasteiger partial charge in [-0.25, -0.2) is 4.98 Å². The number of furan rings is 1. The average molecular weight is 471 g/mol. The molecule has 3 aromatic rings. The van der Waals surface area contributed by atoms with Gasteiger partial charge in [0.25, 0.3) is 0 Å². The highest BCUT2D eigenvalue weighted by atomic mass is 32.1. The highest BCUT2D eigenvalue weighted by molar-refractivity contribution is 7.09. The Labute approximate surface area is 198 Å². The number of hydrogen-bond donors (Lipinski definition) is 0. The number of methoxy groups -OCH3 is 1. The van der Waals surface area contributed by atoms with Crippen LogP contribution in [0.5, 0.6) is 5.75 Å². The quantitative estimate of drug-likeness (QED) is 0.471. The molecular weight excluding hydrogens is 440 g/mol. The molecule has 1 fully saturated rings. The van der Waals surface area contributed by atoms with Crippen LogP contribution in [0, 0.1) is 0 Å². The Morgan fingerprint density at radius 1 is 1.24 bits per heavy atom. The summed E-state index contributed by atoms with van der Waals surface area (Å²) in [5.74, 6) is 2.51. The summed E-state index contributed by atoms with van der Waals surface area (Å²) in [6.45, 7) is 6.33. The minimum Gasteiger partial charge on any atom is -0.497 e. The molecule has 176 valence electrons. The SMILES string of the molecule is COc1cccc(Cc2nsc(N(CCC(=O)N3CC(C)OC(C)C3)Cc3ccco3)n2)c1. The summed E-state index contributed by atoms with van der Waals surface area (Å²) in [5.41, 5.74) is 1.09. The third kappa shape index (κ3) is 6.33. The fourth-order valence-electron chi connectivity index (χ4n) is 4.01. The highest BCUT2D eigenvalue weighted by Crippen LogP contribution is 2.23. The zero-order chi connectivity index (χ0) is 23.2. The second-order valence-electron chi connectivity index (χ2n) is 8.33. The van der Waals surface area contributed by atoms with E-state index in [4.69, 9.17) is 18.9 Å². The molecule has 0 saturated carbocycles. The minimum atomic E-state index is 0.0549. The Bertz CT molecular complexity index is 1030. The van der Waals surface area contributed by atoms with Crippen molar-refractivity contribution in [3.05, 3.63) is 59.8 Å². The molecular formula is C24H30N4O4S. The second kappa shape index (κ2) is 10.8. The van der Waals surface area contributed by atoms with E-state index in [1.165, 1.54) is 11.5 Å². The molecule has 0 bridgehead atoms. The maximum atomic E-state index is 12.9. The van der Waals surface area contributed by atoms with Gasteiger partial charge >= 0.3 is 0 Å². The van der Waals surface area contributed by atoms with E-state index in [1.54, 1.807) is 13.4 Å². The van der Waals surface area contributed by atoms with Crippen LogP contribution in [0.4, 0.5) is 5.13 Å². The fourth-order valence-corrected chi connectivity index (χ4v) is 4.72. The molecule has 1 aromatic carbocycles. The minimum absolute atomic E-state index is 0.0549. The number of ether oxygens (including phenoxy) is 2. The van der Waals surface area contributed by atoms with Crippen molar-refractivity contribution in [2.45, 2.75) is 45.4 Å². The normalized spacial score (nSPS) is 18.3. The molecule has 1 aliphatic rings. The molecule has 1 amide bonds. The predicted molar refractivity (Wildman–Crippen MR) is 127 cm³/mol. The van der Waals surface area contributed by atoms with Crippen LogP contribution in [-0.2, 0) is 22.5 Å². The van der Waals surface area contributed by atoms with Crippen molar-refractivity contribution in [2.24, 2.45) is 0 Å². The summed E-state index contributed by atoms with van der Waals surface area (Å²) in [4.78, 5) is 21.6. The van der Waals surface area contributed by atoms with Crippen LogP contribution < -0.4 is 9.64 Å². The first-order valence-electron chi connectivity index (χ1n) is 11.2. The maximum absolute atomic E-state index is 12.9. The zero-order valence-corrected chi connectivity index (χ0v) is 20.1. The summed E-state index contributed by atoms with van der Waals surface area (Å²) in [5, 5.41) is 0.779. The maximum Gasteiger partial charge on any atom is 0.224 e. The predicted octanol–water partition coefficient (Wildman–Crippen LogP) is 3.76. The van der Waals surface area contributed by atoms with Gasteiger partial charge < -0.3 is 23.7 Å². The smallest absolute Gasteiger partial charge is 0.224 e. The van der Waals surface area contributed by atoms with Crippen LogP contribution in [-0.4, -0.2) is 59.1 Å². The number of amides is 1. The van der Waals surface area contributed by atoms with Gasteiger partial charge in [-0.1, -0.05) is 12.1 Å². The van der Waals surface area contributed by atoms with E-state index in [-0.39, 0.29) is 18.1 Å². The summed E-state index contributed by atoms with van der Waals surface area (Å²) >= 11 is 1.34. The zero-order valence-electron chi connectivity index (χ0n) is 19.3. The van der Waals surface area contributed by atoms with Crippen molar-refractivity contribution >= 4 is 22.6 Å². The van der Waals surface area contributed by atoms with E-state index in [1.807, 2.05) is 55.1 Å². The Balaban J connectivity index is 1.44. The summed E-state index contributed by atoms with van der Waals surface area (Å²) in [6.07, 6.45) is 2.78. The molecule has 0 spiro atoms. The highest BCUT2D eigenvalue weighted by Gasteiger charge is 2.26. The van der Waals surface area contributed by atoms with Crippen LogP contribution in [0.2, 0.25) is 0 Å². The molecule has 0 N–H and O–H groups in total. The van der Waals surface area contributed by atoms with Gasteiger partial charge in [0, 0.05) is 44.0 Å². The molecule has 3 heterocycles. The monoisotopic (exact) mass is 470 g/mol. The number of morpholine rings is 1. The fraction of sp³-hybridized carbons (Fsp3) is 0.458. The number of carbonyl (C=O) groups excluding carboxylic acids is 1. The number of benzene rings is 1. The molecule has 1 aliphatic heterocycles. The molecule has 2 unspecified atom stereocenters. The third-order valence-electron chi connectivity index (χ3n) is 5.52. The van der Waals surface area contributed by atoms with E-state index in [9.17, 15) is 4.79 Å². The lowest BCUT2D eigenvalue weighted by molar-refractivity contribution is -0.143. The van der Waals surface area contributed by atoms with E-state index in [2.05, 4.69) is 9.27 Å². The first kappa shape index (κ1) is 23.3. The Morgan fingerprint density at radius 2 is 2.06 bits per heavy atom. The lowest BCUT2D eigenvalue weighted by Crippen LogP contribution is -2.48. The van der Waals surface area contributed by atoms with Crippen molar-refractivity contribution in [3.8, 4) is 5.75 Å². The molecule has 9 heteroatoms. The summed E-state index contributed by atoms with van der Waals surface area (Å²) in [6, 6.07) is 11.7. The molecule has 0 aliphatic carbocycles. The van der Waals surface area contributed by atoms with Crippen LogP contribution in [0.1, 0.15) is 37.4 Å². The number of nitrogens with zero attached hydrogens (tertiary/aromatic N) is 4. The standard InChI is InChI=1S/C24H30N4O4S/c1-17-14-28(15-18(2)32-17)23(29)9-10-27(16-21-8-5-11-31-21)24-25-22(26-33-24)13-19-6-4-7-20(12-19)30-3/h4-8,11-12,17-18H,9-10,13-16H2,1-3H3. The molecule has 2 atom stereocenters. The van der Waals surface area contributed by atoms with Gasteiger partial charge in [-0.3, -0.25) is 4.79 Å². The molecule has 1 saturated heterocycles. The molecule has 8 nitrogen and oxygen atoms in total. The third-order valence-corrected chi connectivity index (χ3v) is 6.33. The van der Waals surface area contributed by atoms with E-state index in [0.717, 1.165) is 28.0 Å². The van der Waals surface area contributed by atoms with Gasteiger partial charge in [0.15, 0.2) is 0 Å². The van der Waals surface area contributed by atoms with Gasteiger partial charge in [0.2, 0.25) is 11.0 Å². The van der Waals surface area contributed by atoms with Gasteiger partial charge in [0.05, 0.1) is 32.1 Å². The lowest BCUT2D eigenvalue weighted by atomic mass is 10.1. The number of hydrogen-bond acceptors (Lipinski definition) is 8. The van der Waals surface area contributed by atoms with Gasteiger partial charge in [-0.15, -0.1) is 0 Å². The number of rotatable bonds is 9. The number of aromatic nitrogens is 2. The Morgan fingerprint density at radius 3 is 2.79 bits per heavy atom. The topological polar surface area (TPSA) is 80.9 Å². The largest absolute Gasteiger partial charge is 0.497 e. The van der Waals surface area contributed by atoms with Gasteiger partial charge in [-0.2, -0.15) is 4.37 Å². The van der Waals surface area contributed by atoms with Crippen molar-refractivity contribution in [2.75, 3.05) is 31.6 Å². The summed E-state index contributed by atoms with van der Waals surface area (Å²) in [7, 11) is 1.66. The number of carbonyl (C=O) groups is 1. The second-order valence-corrected chi connectivity index (χ2v) is 9.06. The molecule has 2 aromatic heterocycles. The first-order chi connectivity index (χ1) is 16.0. The average Bonchev–Trinajstić information content (AvgIpc) is 3.48. The summed E-state index contributed by atoms with van der Waals surface area (Å²) < 4.78 is 21.2. The van der Waals surface area contributed by atoms with E-state index >= 15 is 0 Å². The Hall–Kier alpha value is -2.91. The molecule has 4 rings (SSSR count). The van der Waals surface area contributed by atoms with Crippen LogP contribution in [0.25, 0.3) is 0 Å². The number of anilines is 1. The Kier molecular flexibility index (Phi) is 7.61. The van der Waals surface area contributed by atoms with Crippen molar-refractivity contribution in [3.63, 3.8) is 0 Å². The van der Waals surface area contributed by atoms with Gasteiger partial charge in [0.1, 0.15) is 17.3 Å². The van der Waals surface area contributed by atoms with Crippen LogP contribution in [0.15, 0.2) is 47.1 Å². The molecule has 33 heavy (non-hydrogen) atoms. The van der Waals surface area contributed by atoms with Crippen molar-refractivity contribution in [1.29, 1.82) is 0 Å². The first-order valence-corrected chi connectivity index (χ1v) is 11.9. The van der Waals surface area contributed by atoms with Crippen LogP contribution in [0.3, 0.4) is 0 Å².